The molecule has 7 nitrogen and oxygen atoms in total. The van der Waals surface area contributed by atoms with Crippen LogP contribution in [0.15, 0.2) is 70.7 Å². The number of nitrogens with zero attached hydrogens (tertiary/aromatic N) is 3. The third-order valence-electron chi connectivity index (χ3n) is 4.48. The second kappa shape index (κ2) is 8.73. The van der Waals surface area contributed by atoms with Gasteiger partial charge in [-0.1, -0.05) is 53.7 Å². The predicted octanol–water partition coefficient (Wildman–Crippen LogP) is 3.73. The largest absolute Gasteiger partial charge is 0.349 e. The molecule has 4 rings (SSSR count). The molecule has 2 N–H and O–H groups in total. The number of aromatic nitrogens is 4. The van der Waals surface area contributed by atoms with Crippen molar-refractivity contribution in [2.24, 2.45) is 0 Å². The summed E-state index contributed by atoms with van der Waals surface area (Å²) >= 11 is 7.17. The van der Waals surface area contributed by atoms with Crippen LogP contribution >= 0.6 is 23.4 Å². The van der Waals surface area contributed by atoms with Crippen LogP contribution in [0.25, 0.3) is 16.7 Å². The number of rotatable bonds is 6. The Morgan fingerprint density at radius 1 is 1.23 bits per heavy atom. The van der Waals surface area contributed by atoms with Gasteiger partial charge in [0.05, 0.1) is 23.7 Å². The number of H-pyrrole nitrogens is 1. The molecular formula is C21H18ClN5O2S. The lowest BCUT2D eigenvalue weighted by Gasteiger charge is -2.14. The van der Waals surface area contributed by atoms with E-state index < -0.39 is 0 Å². The number of carbonyl (C=O) groups is 1. The van der Waals surface area contributed by atoms with Crippen LogP contribution in [0, 0.1) is 0 Å². The van der Waals surface area contributed by atoms with Crippen LogP contribution in [0.1, 0.15) is 18.5 Å². The van der Waals surface area contributed by atoms with Gasteiger partial charge in [0.2, 0.25) is 5.91 Å². The molecule has 0 bridgehead atoms. The second-order valence-corrected chi connectivity index (χ2v) is 8.03. The van der Waals surface area contributed by atoms with Gasteiger partial charge in [-0.15, -0.1) is 0 Å². The van der Waals surface area contributed by atoms with E-state index >= 15 is 0 Å². The van der Waals surface area contributed by atoms with Gasteiger partial charge < -0.3 is 10.3 Å². The summed E-state index contributed by atoms with van der Waals surface area (Å²) in [5, 5.41) is 8.57. The minimum atomic E-state index is -0.294. The Bertz CT molecular complexity index is 1260. The number of hydrogen-bond acceptors (Lipinski definition) is 5. The highest BCUT2D eigenvalue weighted by molar-refractivity contribution is 7.99. The Kier molecular flexibility index (Phi) is 5.87. The van der Waals surface area contributed by atoms with Crippen molar-refractivity contribution >= 4 is 40.3 Å². The summed E-state index contributed by atoms with van der Waals surface area (Å²) in [6.45, 7) is 1.89. The molecule has 152 valence electrons. The Hall–Kier alpha value is -3.10. The molecule has 0 saturated carbocycles. The summed E-state index contributed by atoms with van der Waals surface area (Å²) in [6.07, 6.45) is 1.49. The molecule has 1 amide bonds. The molecule has 0 aliphatic heterocycles. The molecular weight excluding hydrogens is 422 g/mol. The molecule has 0 aliphatic rings. The summed E-state index contributed by atoms with van der Waals surface area (Å²) < 4.78 is 1.61. The molecule has 0 saturated heterocycles. The van der Waals surface area contributed by atoms with E-state index in [9.17, 15) is 9.59 Å². The van der Waals surface area contributed by atoms with Crippen molar-refractivity contribution in [3.8, 4) is 5.69 Å². The topological polar surface area (TPSA) is 92.7 Å². The van der Waals surface area contributed by atoms with Crippen LogP contribution in [-0.4, -0.2) is 31.4 Å². The maximum atomic E-state index is 12.4. The van der Waals surface area contributed by atoms with E-state index in [1.54, 1.807) is 10.7 Å². The second-order valence-electron chi connectivity index (χ2n) is 6.63. The van der Waals surface area contributed by atoms with Crippen molar-refractivity contribution < 1.29 is 4.79 Å². The summed E-state index contributed by atoms with van der Waals surface area (Å²) in [4.78, 5) is 32.0. The monoisotopic (exact) mass is 439 g/mol. The van der Waals surface area contributed by atoms with Gasteiger partial charge >= 0.3 is 0 Å². The van der Waals surface area contributed by atoms with Crippen molar-refractivity contribution in [1.82, 2.24) is 25.1 Å². The summed E-state index contributed by atoms with van der Waals surface area (Å²) in [5.41, 5.74) is 1.87. The number of carbonyl (C=O) groups excluding carboxylic acids is 1. The molecule has 4 aromatic rings. The van der Waals surface area contributed by atoms with Crippen molar-refractivity contribution in [2.45, 2.75) is 18.1 Å². The highest BCUT2D eigenvalue weighted by atomic mass is 35.5. The number of halogens is 1. The molecule has 30 heavy (non-hydrogen) atoms. The molecule has 2 heterocycles. The Morgan fingerprint density at radius 3 is 2.80 bits per heavy atom. The van der Waals surface area contributed by atoms with Crippen LogP contribution < -0.4 is 10.9 Å². The normalized spacial score (nSPS) is 12.1. The van der Waals surface area contributed by atoms with Crippen molar-refractivity contribution in [3.63, 3.8) is 0 Å². The lowest BCUT2D eigenvalue weighted by Crippen LogP contribution is -2.28. The lowest BCUT2D eigenvalue weighted by molar-refractivity contribution is -0.119. The molecule has 1 atom stereocenters. The van der Waals surface area contributed by atoms with Crippen LogP contribution in [0.3, 0.4) is 0 Å². The fraction of sp³-hybridized carbons (Fsp3) is 0.143. The molecule has 2 aromatic heterocycles. The van der Waals surface area contributed by atoms with Gasteiger partial charge in [-0.05, 0) is 36.8 Å². The fourth-order valence-corrected chi connectivity index (χ4v) is 3.87. The minimum Gasteiger partial charge on any atom is -0.349 e. The van der Waals surface area contributed by atoms with Gasteiger partial charge in [0.1, 0.15) is 5.39 Å². The summed E-state index contributed by atoms with van der Waals surface area (Å²) in [5.74, 6) is -0.0643. The Balaban J connectivity index is 1.49. The number of hydrogen-bond donors (Lipinski definition) is 2. The van der Waals surface area contributed by atoms with Gasteiger partial charge in [-0.2, -0.15) is 5.10 Å². The fourth-order valence-electron chi connectivity index (χ4n) is 3.00. The molecule has 0 unspecified atom stereocenters. The number of thioether (sulfide) groups is 1. The maximum Gasteiger partial charge on any atom is 0.262 e. The number of benzene rings is 2. The van der Waals surface area contributed by atoms with E-state index in [1.807, 2.05) is 55.5 Å². The van der Waals surface area contributed by atoms with E-state index in [-0.39, 0.29) is 23.3 Å². The van der Waals surface area contributed by atoms with Crippen LogP contribution in [0.5, 0.6) is 0 Å². The average Bonchev–Trinajstić information content (AvgIpc) is 3.17. The number of aromatic amines is 1. The summed E-state index contributed by atoms with van der Waals surface area (Å²) in [7, 11) is 0. The average molecular weight is 440 g/mol. The van der Waals surface area contributed by atoms with Crippen molar-refractivity contribution in [2.75, 3.05) is 5.75 Å². The van der Waals surface area contributed by atoms with Gasteiger partial charge in [0.15, 0.2) is 10.8 Å². The highest BCUT2D eigenvalue weighted by Crippen LogP contribution is 2.19. The maximum absolute atomic E-state index is 12.4. The molecule has 9 heteroatoms. The number of amides is 1. The quantitative estimate of drug-likeness (QED) is 0.352. The lowest BCUT2D eigenvalue weighted by atomic mass is 10.1. The number of fused-ring (bicyclic) bond motifs is 1. The van der Waals surface area contributed by atoms with Crippen molar-refractivity contribution in [1.29, 1.82) is 0 Å². The third-order valence-corrected chi connectivity index (χ3v) is 5.59. The Morgan fingerprint density at radius 2 is 2.03 bits per heavy atom. The van der Waals surface area contributed by atoms with E-state index in [2.05, 4.69) is 20.4 Å². The van der Waals surface area contributed by atoms with Gasteiger partial charge in [-0.25, -0.2) is 9.67 Å². The number of nitrogens with one attached hydrogen (secondary N) is 2. The summed E-state index contributed by atoms with van der Waals surface area (Å²) in [6, 6.07) is 16.6. The van der Waals surface area contributed by atoms with Crippen LogP contribution in [0.4, 0.5) is 0 Å². The first-order chi connectivity index (χ1) is 14.5. The Labute approximate surface area is 181 Å². The zero-order chi connectivity index (χ0) is 21.1. The van der Waals surface area contributed by atoms with Gasteiger partial charge in [0.25, 0.3) is 5.56 Å². The molecule has 0 aliphatic carbocycles. The van der Waals surface area contributed by atoms with Gasteiger partial charge in [0, 0.05) is 5.02 Å². The minimum absolute atomic E-state index is 0.110. The van der Waals surface area contributed by atoms with E-state index in [0.29, 0.717) is 21.2 Å². The zero-order valence-electron chi connectivity index (χ0n) is 16.0. The first-order valence-electron chi connectivity index (χ1n) is 9.22. The first kappa shape index (κ1) is 20.2. The molecule has 0 spiro atoms. The number of para-hydroxylation sites is 1. The SMILES string of the molecule is C[C@H](NC(=O)CSc1nc2c(cnn2-c2ccccc2)c(=O)[nH]1)c1cccc(Cl)c1. The molecule has 0 radical (unpaired) electrons. The van der Waals surface area contributed by atoms with Crippen molar-refractivity contribution in [3.05, 3.63) is 81.7 Å². The molecule has 0 fully saturated rings. The molecule has 2 aromatic carbocycles. The van der Waals surface area contributed by atoms with E-state index in [4.69, 9.17) is 11.6 Å². The predicted molar refractivity (Wildman–Crippen MR) is 118 cm³/mol. The van der Waals surface area contributed by atoms with Crippen LogP contribution in [0.2, 0.25) is 5.02 Å². The first-order valence-corrected chi connectivity index (χ1v) is 10.6. The third kappa shape index (κ3) is 4.39. The van der Waals surface area contributed by atoms with Gasteiger partial charge in [-0.3, -0.25) is 9.59 Å². The van der Waals surface area contributed by atoms with Crippen LogP contribution in [-0.2, 0) is 4.79 Å². The van der Waals surface area contributed by atoms with E-state index in [0.717, 1.165) is 23.0 Å². The smallest absolute Gasteiger partial charge is 0.262 e. The van der Waals surface area contributed by atoms with E-state index in [1.165, 1.54) is 6.20 Å². The zero-order valence-corrected chi connectivity index (χ0v) is 17.6. The highest BCUT2D eigenvalue weighted by Gasteiger charge is 2.14. The standard InChI is InChI=1S/C21H18ClN5O2S/c1-13(14-6-5-7-15(22)10-14)24-18(28)12-30-21-25-19-17(20(29)26-21)11-23-27(19)16-8-3-2-4-9-16/h2-11,13H,12H2,1H3,(H,24,28)(H,25,26,29)/t13-/m0/s1.